The molecule has 30 heavy (non-hydrogen) atoms. The highest BCUT2D eigenvalue weighted by atomic mass is 19.4. The molecule has 0 bridgehead atoms. The van der Waals surface area contributed by atoms with Crippen molar-refractivity contribution in [3.8, 4) is 11.3 Å². The summed E-state index contributed by atoms with van der Waals surface area (Å²) in [7, 11) is 0. The Morgan fingerprint density at radius 1 is 1.07 bits per heavy atom. The number of hydrogen-bond donors (Lipinski definition) is 0. The van der Waals surface area contributed by atoms with Gasteiger partial charge in [0.15, 0.2) is 11.3 Å². The first-order valence-electron chi connectivity index (χ1n) is 9.80. The normalized spacial score (nSPS) is 15.9. The van der Waals surface area contributed by atoms with Crippen molar-refractivity contribution in [1.82, 2.24) is 24.4 Å². The van der Waals surface area contributed by atoms with E-state index in [2.05, 4.69) is 28.8 Å². The summed E-state index contributed by atoms with van der Waals surface area (Å²) in [5.41, 5.74) is -0.281. The van der Waals surface area contributed by atoms with E-state index in [1.54, 1.807) is 35.2 Å². The van der Waals surface area contributed by atoms with Crippen LogP contribution in [0.15, 0.2) is 42.6 Å². The zero-order chi connectivity index (χ0) is 21.5. The molecule has 0 N–H and O–H groups in total. The summed E-state index contributed by atoms with van der Waals surface area (Å²) in [6.45, 7) is 6.66. The van der Waals surface area contributed by atoms with E-state index in [1.165, 1.54) is 6.20 Å². The van der Waals surface area contributed by atoms with Crippen molar-refractivity contribution < 1.29 is 18.0 Å². The van der Waals surface area contributed by atoms with Gasteiger partial charge in [-0.25, -0.2) is 9.50 Å². The van der Waals surface area contributed by atoms with E-state index in [4.69, 9.17) is 0 Å². The number of rotatable bonds is 3. The number of fused-ring (bicyclic) bond motifs is 1. The van der Waals surface area contributed by atoms with Gasteiger partial charge < -0.3 is 4.90 Å². The van der Waals surface area contributed by atoms with E-state index in [0.717, 1.165) is 19.2 Å². The lowest BCUT2D eigenvalue weighted by molar-refractivity contribution is -0.142. The lowest BCUT2D eigenvalue weighted by atomic mass is 10.1. The molecule has 158 valence electrons. The van der Waals surface area contributed by atoms with Gasteiger partial charge in [-0.3, -0.25) is 9.69 Å². The van der Waals surface area contributed by atoms with Crippen LogP contribution in [0.3, 0.4) is 0 Å². The molecule has 0 aliphatic carbocycles. The van der Waals surface area contributed by atoms with E-state index in [1.807, 2.05) is 0 Å². The lowest BCUT2D eigenvalue weighted by Gasteiger charge is -2.36. The lowest BCUT2D eigenvalue weighted by Crippen LogP contribution is -2.50. The van der Waals surface area contributed by atoms with Crippen molar-refractivity contribution in [1.29, 1.82) is 0 Å². The third-order valence-electron chi connectivity index (χ3n) is 5.39. The van der Waals surface area contributed by atoms with E-state index >= 15 is 0 Å². The van der Waals surface area contributed by atoms with Crippen LogP contribution in [0.4, 0.5) is 13.2 Å². The van der Waals surface area contributed by atoms with Crippen LogP contribution in [0.2, 0.25) is 0 Å². The quantitative estimate of drug-likeness (QED) is 0.654. The maximum atomic E-state index is 13.7. The average molecular weight is 417 g/mol. The second-order valence-corrected chi connectivity index (χ2v) is 7.61. The summed E-state index contributed by atoms with van der Waals surface area (Å²) < 4.78 is 41.8. The average Bonchev–Trinajstić information content (AvgIpc) is 3.16. The second-order valence-electron chi connectivity index (χ2n) is 7.61. The number of hydrogen-bond acceptors (Lipinski definition) is 4. The van der Waals surface area contributed by atoms with Crippen molar-refractivity contribution in [2.45, 2.75) is 26.1 Å². The van der Waals surface area contributed by atoms with Gasteiger partial charge in [0, 0.05) is 37.8 Å². The van der Waals surface area contributed by atoms with Crippen LogP contribution in [0, 0.1) is 0 Å². The van der Waals surface area contributed by atoms with Crippen molar-refractivity contribution in [3.63, 3.8) is 0 Å². The molecule has 0 spiro atoms. The number of carbonyl (C=O) groups is 1. The molecule has 0 unspecified atom stereocenters. The van der Waals surface area contributed by atoms with E-state index in [9.17, 15) is 18.0 Å². The number of amides is 1. The monoisotopic (exact) mass is 417 g/mol. The number of benzene rings is 1. The van der Waals surface area contributed by atoms with Crippen LogP contribution >= 0.6 is 0 Å². The number of nitrogens with zero attached hydrogens (tertiary/aromatic N) is 5. The summed E-state index contributed by atoms with van der Waals surface area (Å²) >= 11 is 0. The summed E-state index contributed by atoms with van der Waals surface area (Å²) in [4.78, 5) is 21.4. The van der Waals surface area contributed by atoms with Crippen LogP contribution in [-0.2, 0) is 6.18 Å². The summed E-state index contributed by atoms with van der Waals surface area (Å²) in [5, 5.41) is 3.86. The van der Waals surface area contributed by atoms with Gasteiger partial charge in [0.1, 0.15) is 5.56 Å². The predicted octanol–water partition coefficient (Wildman–Crippen LogP) is 3.58. The summed E-state index contributed by atoms with van der Waals surface area (Å²) in [5.74, 6) is -0.348. The van der Waals surface area contributed by atoms with Crippen LogP contribution in [0.25, 0.3) is 16.9 Å². The molecule has 2 aromatic heterocycles. The van der Waals surface area contributed by atoms with Crippen molar-refractivity contribution >= 4 is 11.6 Å². The highest BCUT2D eigenvalue weighted by Gasteiger charge is 2.36. The van der Waals surface area contributed by atoms with Gasteiger partial charge in [0.2, 0.25) is 0 Å². The van der Waals surface area contributed by atoms with Gasteiger partial charge in [-0.15, -0.1) is 0 Å². The molecule has 4 rings (SSSR count). The van der Waals surface area contributed by atoms with Crippen molar-refractivity contribution in [2.75, 3.05) is 26.2 Å². The Labute approximate surface area is 171 Å². The molecule has 1 aliphatic rings. The second kappa shape index (κ2) is 7.71. The van der Waals surface area contributed by atoms with Gasteiger partial charge in [-0.2, -0.15) is 18.3 Å². The molecule has 1 aromatic carbocycles. The smallest absolute Gasteiger partial charge is 0.336 e. The SMILES string of the molecule is CC(C)N1CCN(C(=O)c2cnn3c(C(F)(F)F)cc(-c4ccccc4)nc23)CC1. The first-order valence-corrected chi connectivity index (χ1v) is 9.80. The Balaban J connectivity index is 1.76. The minimum Gasteiger partial charge on any atom is -0.336 e. The number of aromatic nitrogens is 3. The zero-order valence-electron chi connectivity index (χ0n) is 16.7. The Bertz CT molecular complexity index is 1050. The highest BCUT2D eigenvalue weighted by molar-refractivity contribution is 6.00. The molecular weight excluding hydrogens is 395 g/mol. The Hall–Kier alpha value is -2.94. The Morgan fingerprint density at radius 3 is 2.33 bits per heavy atom. The van der Waals surface area contributed by atoms with Gasteiger partial charge in [0.05, 0.1) is 11.9 Å². The minimum atomic E-state index is -4.64. The molecule has 1 aliphatic heterocycles. The fraction of sp³-hybridized carbons (Fsp3) is 0.381. The maximum absolute atomic E-state index is 13.7. The molecular formula is C21H22F3N5O. The molecule has 1 saturated heterocycles. The van der Waals surface area contributed by atoms with Crippen molar-refractivity contribution in [3.05, 3.63) is 53.9 Å². The molecule has 1 fully saturated rings. The van der Waals surface area contributed by atoms with E-state index in [0.29, 0.717) is 29.2 Å². The van der Waals surface area contributed by atoms with Crippen LogP contribution < -0.4 is 0 Å². The third-order valence-corrected chi connectivity index (χ3v) is 5.39. The van der Waals surface area contributed by atoms with E-state index in [-0.39, 0.29) is 22.8 Å². The molecule has 1 amide bonds. The largest absolute Gasteiger partial charge is 0.433 e. The number of halogens is 3. The van der Waals surface area contributed by atoms with Crippen LogP contribution in [-0.4, -0.2) is 62.5 Å². The molecule has 0 radical (unpaired) electrons. The first kappa shape index (κ1) is 20.3. The first-order chi connectivity index (χ1) is 14.3. The van der Waals surface area contributed by atoms with Crippen LogP contribution in [0.5, 0.6) is 0 Å². The standard InChI is InChI=1S/C21H22F3N5O/c1-14(2)27-8-10-28(11-9-27)20(30)16-13-25-29-18(21(22,23)24)12-17(26-19(16)29)15-6-4-3-5-7-15/h3-7,12-14H,8-11H2,1-2H3. The molecule has 3 aromatic rings. The molecule has 9 heteroatoms. The molecule has 0 saturated carbocycles. The maximum Gasteiger partial charge on any atom is 0.433 e. The Kier molecular flexibility index (Phi) is 5.23. The van der Waals surface area contributed by atoms with Crippen LogP contribution in [0.1, 0.15) is 29.9 Å². The van der Waals surface area contributed by atoms with Crippen molar-refractivity contribution in [2.24, 2.45) is 0 Å². The fourth-order valence-electron chi connectivity index (χ4n) is 3.68. The highest BCUT2D eigenvalue weighted by Crippen LogP contribution is 2.33. The molecule has 3 heterocycles. The van der Waals surface area contributed by atoms with Gasteiger partial charge in [0.25, 0.3) is 5.91 Å². The van der Waals surface area contributed by atoms with E-state index < -0.39 is 11.9 Å². The molecule has 0 atom stereocenters. The summed E-state index contributed by atoms with van der Waals surface area (Å²) in [6, 6.07) is 9.94. The number of alkyl halides is 3. The minimum absolute atomic E-state index is 0.0799. The zero-order valence-corrected chi connectivity index (χ0v) is 16.7. The third kappa shape index (κ3) is 3.77. The summed E-state index contributed by atoms with van der Waals surface area (Å²) in [6.07, 6.45) is -3.45. The molecule has 6 nitrogen and oxygen atoms in total. The van der Waals surface area contributed by atoms with Gasteiger partial charge in [-0.05, 0) is 19.9 Å². The topological polar surface area (TPSA) is 53.7 Å². The fourth-order valence-corrected chi connectivity index (χ4v) is 3.68. The van der Waals surface area contributed by atoms with Gasteiger partial charge >= 0.3 is 6.18 Å². The number of carbonyl (C=O) groups excluding carboxylic acids is 1. The van der Waals surface area contributed by atoms with Gasteiger partial charge in [-0.1, -0.05) is 30.3 Å². The predicted molar refractivity (Wildman–Crippen MR) is 106 cm³/mol. The number of piperazine rings is 1. The Morgan fingerprint density at radius 2 is 1.73 bits per heavy atom.